The minimum absolute atomic E-state index is 0.0146. The van der Waals surface area contributed by atoms with Crippen molar-refractivity contribution in [2.75, 3.05) is 0 Å². The second-order valence-electron chi connectivity index (χ2n) is 7.20. The summed E-state index contributed by atoms with van der Waals surface area (Å²) in [5.41, 5.74) is 5.11. The lowest BCUT2D eigenvalue weighted by Gasteiger charge is -2.20. The van der Waals surface area contributed by atoms with Crippen LogP contribution in [-0.2, 0) is 6.61 Å². The van der Waals surface area contributed by atoms with E-state index in [0.29, 0.717) is 22.9 Å². The van der Waals surface area contributed by atoms with Crippen molar-refractivity contribution >= 4 is 17.5 Å². The number of benzene rings is 3. The molecule has 0 saturated carbocycles. The van der Waals surface area contributed by atoms with Gasteiger partial charge in [-0.1, -0.05) is 60.5 Å². The van der Waals surface area contributed by atoms with Crippen LogP contribution in [0.1, 0.15) is 52.0 Å². The number of rotatable bonds is 7. The zero-order chi connectivity index (χ0) is 20.8. The molecular formula is C25H26ClNO2. The fourth-order valence-corrected chi connectivity index (χ4v) is 3.53. The van der Waals surface area contributed by atoms with Gasteiger partial charge in [0.05, 0.1) is 6.04 Å². The van der Waals surface area contributed by atoms with Gasteiger partial charge in [0, 0.05) is 16.1 Å². The van der Waals surface area contributed by atoms with Crippen LogP contribution in [0, 0.1) is 13.8 Å². The number of amides is 1. The molecule has 0 unspecified atom stereocenters. The van der Waals surface area contributed by atoms with Gasteiger partial charge >= 0.3 is 0 Å². The van der Waals surface area contributed by atoms with E-state index < -0.39 is 0 Å². The van der Waals surface area contributed by atoms with E-state index in [1.165, 1.54) is 11.1 Å². The van der Waals surface area contributed by atoms with E-state index in [0.717, 1.165) is 17.5 Å². The molecule has 0 aliphatic heterocycles. The van der Waals surface area contributed by atoms with Crippen molar-refractivity contribution in [1.82, 2.24) is 5.32 Å². The summed E-state index contributed by atoms with van der Waals surface area (Å²) < 4.78 is 5.79. The summed E-state index contributed by atoms with van der Waals surface area (Å²) in [7, 11) is 0. The fourth-order valence-electron chi connectivity index (χ4n) is 3.34. The maximum Gasteiger partial charge on any atom is 0.251 e. The van der Waals surface area contributed by atoms with Crippen LogP contribution < -0.4 is 10.1 Å². The van der Waals surface area contributed by atoms with Crippen molar-refractivity contribution in [2.24, 2.45) is 0 Å². The van der Waals surface area contributed by atoms with Gasteiger partial charge in [0.25, 0.3) is 5.91 Å². The zero-order valence-electron chi connectivity index (χ0n) is 17.0. The second kappa shape index (κ2) is 9.62. The molecular weight excluding hydrogens is 382 g/mol. The van der Waals surface area contributed by atoms with Crippen molar-refractivity contribution in [3.63, 3.8) is 0 Å². The third-order valence-electron chi connectivity index (χ3n) is 4.98. The van der Waals surface area contributed by atoms with Gasteiger partial charge in [-0.3, -0.25) is 4.79 Å². The maximum atomic E-state index is 12.7. The number of aryl methyl sites for hydroxylation is 2. The number of hydrogen-bond acceptors (Lipinski definition) is 2. The van der Waals surface area contributed by atoms with Crippen LogP contribution >= 0.6 is 11.6 Å². The minimum atomic E-state index is -0.0884. The highest BCUT2D eigenvalue weighted by Crippen LogP contribution is 2.23. The van der Waals surface area contributed by atoms with Crippen molar-refractivity contribution in [2.45, 2.75) is 39.8 Å². The van der Waals surface area contributed by atoms with E-state index in [9.17, 15) is 4.79 Å². The number of halogens is 1. The summed E-state index contributed by atoms with van der Waals surface area (Å²) in [6.07, 6.45) is 0.828. The first kappa shape index (κ1) is 20.9. The smallest absolute Gasteiger partial charge is 0.251 e. The van der Waals surface area contributed by atoms with E-state index in [4.69, 9.17) is 16.3 Å². The molecule has 1 amide bonds. The molecule has 4 heteroatoms. The van der Waals surface area contributed by atoms with E-state index in [-0.39, 0.29) is 11.9 Å². The summed E-state index contributed by atoms with van der Waals surface area (Å²) >= 11 is 6.16. The molecule has 0 spiro atoms. The van der Waals surface area contributed by atoms with Gasteiger partial charge in [0.15, 0.2) is 0 Å². The van der Waals surface area contributed by atoms with Gasteiger partial charge in [-0.15, -0.1) is 0 Å². The highest BCUT2D eigenvalue weighted by Gasteiger charge is 2.16. The van der Waals surface area contributed by atoms with Crippen LogP contribution in [0.4, 0.5) is 0 Å². The first-order valence-corrected chi connectivity index (χ1v) is 10.2. The summed E-state index contributed by atoms with van der Waals surface area (Å²) in [6.45, 7) is 6.62. The summed E-state index contributed by atoms with van der Waals surface area (Å²) in [5.74, 6) is 0.609. The van der Waals surface area contributed by atoms with Crippen molar-refractivity contribution in [3.05, 3.63) is 99.6 Å². The third-order valence-corrected chi connectivity index (χ3v) is 5.35. The van der Waals surface area contributed by atoms with Crippen molar-refractivity contribution in [1.29, 1.82) is 0 Å². The first-order chi connectivity index (χ1) is 14.0. The lowest BCUT2D eigenvalue weighted by Crippen LogP contribution is -2.28. The quantitative estimate of drug-likeness (QED) is 0.491. The number of nitrogens with one attached hydrogen (secondary N) is 1. The molecule has 3 nitrogen and oxygen atoms in total. The second-order valence-corrected chi connectivity index (χ2v) is 7.61. The highest BCUT2D eigenvalue weighted by molar-refractivity contribution is 6.31. The maximum absolute atomic E-state index is 12.7. The van der Waals surface area contributed by atoms with Crippen LogP contribution in [-0.4, -0.2) is 5.91 Å². The topological polar surface area (TPSA) is 38.3 Å². The standard InChI is InChI=1S/C25H26ClNO2/c1-4-24(22-14-9-17(2)15-18(22)3)27-25(28)19-10-12-21(13-11-19)29-16-20-7-5-6-8-23(20)26/h5-15,24H,4,16H2,1-3H3,(H,27,28)/t24-/m0/s1. The molecule has 0 heterocycles. The molecule has 0 saturated heterocycles. The minimum Gasteiger partial charge on any atom is -0.489 e. The number of carbonyl (C=O) groups excluding carboxylic acids is 1. The van der Waals surface area contributed by atoms with E-state index in [1.54, 1.807) is 12.1 Å². The molecule has 150 valence electrons. The number of hydrogen-bond donors (Lipinski definition) is 1. The lowest BCUT2D eigenvalue weighted by molar-refractivity contribution is 0.0935. The fraction of sp³-hybridized carbons (Fsp3) is 0.240. The Morgan fingerprint density at radius 1 is 1.03 bits per heavy atom. The Hall–Kier alpha value is -2.78. The molecule has 0 aliphatic rings. The van der Waals surface area contributed by atoms with E-state index in [1.807, 2.05) is 36.4 Å². The summed E-state index contributed by atoms with van der Waals surface area (Å²) in [6, 6.07) is 21.1. The van der Waals surface area contributed by atoms with Crippen LogP contribution in [0.5, 0.6) is 5.75 Å². The molecule has 0 aliphatic carbocycles. The van der Waals surface area contributed by atoms with Gasteiger partial charge in [-0.2, -0.15) is 0 Å². The Morgan fingerprint density at radius 2 is 1.76 bits per heavy atom. The molecule has 0 fully saturated rings. The van der Waals surface area contributed by atoms with Crippen LogP contribution in [0.2, 0.25) is 5.02 Å². The molecule has 3 aromatic carbocycles. The molecule has 3 aromatic rings. The van der Waals surface area contributed by atoms with E-state index >= 15 is 0 Å². The largest absolute Gasteiger partial charge is 0.489 e. The molecule has 3 rings (SSSR count). The predicted molar refractivity (Wildman–Crippen MR) is 119 cm³/mol. The molecule has 1 N–H and O–H groups in total. The Balaban J connectivity index is 1.64. The molecule has 1 atom stereocenters. The van der Waals surface area contributed by atoms with E-state index in [2.05, 4.69) is 44.3 Å². The Labute approximate surface area is 177 Å². The predicted octanol–water partition coefficient (Wildman–Crippen LogP) is 6.42. The highest BCUT2D eigenvalue weighted by atomic mass is 35.5. The SMILES string of the molecule is CC[C@H](NC(=O)c1ccc(OCc2ccccc2Cl)cc1)c1ccc(C)cc1C. The van der Waals surface area contributed by atoms with Crippen LogP contribution in [0.3, 0.4) is 0 Å². The monoisotopic (exact) mass is 407 g/mol. The molecule has 0 radical (unpaired) electrons. The first-order valence-electron chi connectivity index (χ1n) is 9.82. The van der Waals surface area contributed by atoms with Crippen molar-refractivity contribution in [3.8, 4) is 5.75 Å². The van der Waals surface area contributed by atoms with Crippen LogP contribution in [0.25, 0.3) is 0 Å². The lowest BCUT2D eigenvalue weighted by atomic mass is 9.97. The Morgan fingerprint density at radius 3 is 2.41 bits per heavy atom. The average Bonchev–Trinajstić information content (AvgIpc) is 2.72. The summed E-state index contributed by atoms with van der Waals surface area (Å²) in [5, 5.41) is 3.83. The normalized spacial score (nSPS) is 11.7. The van der Waals surface area contributed by atoms with Gasteiger partial charge in [-0.25, -0.2) is 0 Å². The zero-order valence-corrected chi connectivity index (χ0v) is 17.8. The number of ether oxygens (including phenoxy) is 1. The Bertz CT molecular complexity index is 982. The summed E-state index contributed by atoms with van der Waals surface area (Å²) in [4.78, 5) is 12.7. The number of carbonyl (C=O) groups is 1. The van der Waals surface area contributed by atoms with Gasteiger partial charge < -0.3 is 10.1 Å². The van der Waals surface area contributed by atoms with Crippen molar-refractivity contribution < 1.29 is 9.53 Å². The molecule has 0 bridgehead atoms. The van der Waals surface area contributed by atoms with Gasteiger partial charge in [0.1, 0.15) is 12.4 Å². The van der Waals surface area contributed by atoms with Gasteiger partial charge in [-0.05, 0) is 61.7 Å². The van der Waals surface area contributed by atoms with Crippen LogP contribution in [0.15, 0.2) is 66.7 Å². The van der Waals surface area contributed by atoms with Gasteiger partial charge in [0.2, 0.25) is 0 Å². The average molecular weight is 408 g/mol. The molecule has 29 heavy (non-hydrogen) atoms. The molecule has 0 aromatic heterocycles. The third kappa shape index (κ3) is 5.39. The Kier molecular flexibility index (Phi) is 6.95.